The molecule has 1 atom stereocenters. The number of likely N-dealkylation sites (N-methyl/N-ethyl adjacent to an activating group) is 1. The SMILES string of the molecule is CN1CCCCC(N2CC(n3cc(C(N)=O)cn3)C2)C1=O. The largest absolute Gasteiger partial charge is 0.366 e. The van der Waals surface area contributed by atoms with Gasteiger partial charge in [-0.15, -0.1) is 0 Å². The summed E-state index contributed by atoms with van der Waals surface area (Å²) < 4.78 is 1.78. The Morgan fingerprint density at radius 1 is 1.38 bits per heavy atom. The number of rotatable bonds is 3. The maximum Gasteiger partial charge on any atom is 0.251 e. The Hall–Kier alpha value is -1.89. The zero-order valence-corrected chi connectivity index (χ0v) is 12.2. The summed E-state index contributed by atoms with van der Waals surface area (Å²) in [5.74, 6) is -0.234. The number of hydrogen-bond donors (Lipinski definition) is 1. The number of primary amides is 1. The number of hydrogen-bond acceptors (Lipinski definition) is 4. The molecule has 3 heterocycles. The molecule has 2 saturated heterocycles. The summed E-state index contributed by atoms with van der Waals surface area (Å²) in [5, 5.41) is 4.19. The van der Waals surface area contributed by atoms with Gasteiger partial charge in [0.1, 0.15) is 0 Å². The second-order valence-electron chi connectivity index (χ2n) is 5.95. The molecule has 0 spiro atoms. The van der Waals surface area contributed by atoms with Crippen LogP contribution in [0.4, 0.5) is 0 Å². The number of nitrogens with two attached hydrogens (primary N) is 1. The molecule has 2 aliphatic heterocycles. The van der Waals surface area contributed by atoms with Crippen molar-refractivity contribution in [1.82, 2.24) is 19.6 Å². The van der Waals surface area contributed by atoms with E-state index in [1.807, 2.05) is 11.9 Å². The molecule has 0 aliphatic carbocycles. The minimum absolute atomic E-state index is 0.0000712. The summed E-state index contributed by atoms with van der Waals surface area (Å²) in [6.45, 7) is 2.45. The van der Waals surface area contributed by atoms with Gasteiger partial charge in [0.25, 0.3) is 5.91 Å². The summed E-state index contributed by atoms with van der Waals surface area (Å²) >= 11 is 0. The first kappa shape index (κ1) is 14.1. The lowest BCUT2D eigenvalue weighted by molar-refractivity contribution is -0.137. The highest BCUT2D eigenvalue weighted by Crippen LogP contribution is 2.27. The van der Waals surface area contributed by atoms with Crippen LogP contribution in [0.25, 0.3) is 0 Å². The summed E-state index contributed by atoms with van der Waals surface area (Å²) in [7, 11) is 1.88. The van der Waals surface area contributed by atoms with Crippen molar-refractivity contribution in [2.75, 3.05) is 26.7 Å². The van der Waals surface area contributed by atoms with E-state index in [1.54, 1.807) is 10.9 Å². The Kier molecular flexibility index (Phi) is 3.67. The highest BCUT2D eigenvalue weighted by Gasteiger charge is 2.38. The van der Waals surface area contributed by atoms with E-state index in [-0.39, 0.29) is 18.0 Å². The Morgan fingerprint density at radius 2 is 2.14 bits per heavy atom. The first-order valence-electron chi connectivity index (χ1n) is 7.39. The summed E-state index contributed by atoms with van der Waals surface area (Å²) in [4.78, 5) is 27.4. The zero-order chi connectivity index (χ0) is 15.0. The molecule has 114 valence electrons. The fraction of sp³-hybridized carbons (Fsp3) is 0.643. The molecule has 7 nitrogen and oxygen atoms in total. The number of likely N-dealkylation sites (tertiary alicyclic amines) is 2. The quantitative estimate of drug-likeness (QED) is 0.839. The highest BCUT2D eigenvalue weighted by atomic mass is 16.2. The second kappa shape index (κ2) is 5.48. The predicted molar refractivity (Wildman–Crippen MR) is 76.6 cm³/mol. The molecule has 21 heavy (non-hydrogen) atoms. The third-order valence-electron chi connectivity index (χ3n) is 4.47. The van der Waals surface area contributed by atoms with E-state index in [1.165, 1.54) is 6.20 Å². The van der Waals surface area contributed by atoms with Crippen LogP contribution in [-0.2, 0) is 4.79 Å². The van der Waals surface area contributed by atoms with Crippen molar-refractivity contribution in [3.05, 3.63) is 18.0 Å². The number of aromatic nitrogens is 2. The molecule has 7 heteroatoms. The van der Waals surface area contributed by atoms with Crippen molar-refractivity contribution in [3.63, 3.8) is 0 Å². The van der Waals surface area contributed by atoms with Gasteiger partial charge >= 0.3 is 0 Å². The van der Waals surface area contributed by atoms with Gasteiger partial charge < -0.3 is 10.6 Å². The molecular weight excluding hydrogens is 270 g/mol. The summed E-state index contributed by atoms with van der Waals surface area (Å²) in [5.41, 5.74) is 5.66. The highest BCUT2D eigenvalue weighted by molar-refractivity contribution is 5.92. The van der Waals surface area contributed by atoms with Gasteiger partial charge in [0.05, 0.1) is 23.8 Å². The third kappa shape index (κ3) is 2.65. The molecule has 2 N–H and O–H groups in total. The molecule has 0 aromatic carbocycles. The van der Waals surface area contributed by atoms with Gasteiger partial charge in [0, 0.05) is 32.9 Å². The van der Waals surface area contributed by atoms with E-state index in [0.717, 1.165) is 38.9 Å². The lowest BCUT2D eigenvalue weighted by atomic mass is 10.0. The van der Waals surface area contributed by atoms with Crippen molar-refractivity contribution in [1.29, 1.82) is 0 Å². The predicted octanol–water partition coefficient (Wildman–Crippen LogP) is -0.150. The fourth-order valence-electron chi connectivity index (χ4n) is 3.09. The van der Waals surface area contributed by atoms with Crippen LogP contribution in [-0.4, -0.2) is 64.1 Å². The fourth-order valence-corrected chi connectivity index (χ4v) is 3.09. The monoisotopic (exact) mass is 291 g/mol. The van der Waals surface area contributed by atoms with Gasteiger partial charge in [-0.1, -0.05) is 0 Å². The minimum atomic E-state index is -0.460. The molecule has 2 amide bonds. The lowest BCUT2D eigenvalue weighted by Crippen LogP contribution is -2.57. The number of amides is 2. The van der Waals surface area contributed by atoms with E-state index in [4.69, 9.17) is 5.73 Å². The Bertz CT molecular complexity index is 549. The molecular formula is C14H21N5O2. The molecule has 0 radical (unpaired) electrons. The zero-order valence-electron chi connectivity index (χ0n) is 12.2. The van der Waals surface area contributed by atoms with Crippen LogP contribution in [0.3, 0.4) is 0 Å². The van der Waals surface area contributed by atoms with Gasteiger partial charge in [-0.3, -0.25) is 19.2 Å². The molecule has 2 fully saturated rings. The number of carbonyl (C=O) groups is 2. The van der Waals surface area contributed by atoms with Gasteiger partial charge in [-0.2, -0.15) is 5.10 Å². The topological polar surface area (TPSA) is 84.5 Å². The first-order chi connectivity index (χ1) is 10.1. The van der Waals surface area contributed by atoms with Crippen molar-refractivity contribution >= 4 is 11.8 Å². The third-order valence-corrected chi connectivity index (χ3v) is 4.47. The van der Waals surface area contributed by atoms with Gasteiger partial charge in [-0.05, 0) is 19.3 Å². The van der Waals surface area contributed by atoms with Crippen molar-refractivity contribution in [2.24, 2.45) is 5.73 Å². The molecule has 2 aliphatic rings. The van der Waals surface area contributed by atoms with Crippen LogP contribution < -0.4 is 5.73 Å². The molecule has 0 bridgehead atoms. The van der Waals surface area contributed by atoms with Crippen molar-refractivity contribution < 1.29 is 9.59 Å². The molecule has 1 unspecified atom stereocenters. The summed E-state index contributed by atoms with van der Waals surface area (Å²) in [6, 6.07) is 0.222. The van der Waals surface area contributed by atoms with Crippen LogP contribution in [0, 0.1) is 0 Å². The Balaban J connectivity index is 1.61. The van der Waals surface area contributed by atoms with E-state index < -0.39 is 5.91 Å². The Morgan fingerprint density at radius 3 is 2.81 bits per heavy atom. The van der Waals surface area contributed by atoms with Gasteiger partial charge in [0.2, 0.25) is 5.91 Å². The van der Waals surface area contributed by atoms with Crippen LogP contribution in [0.15, 0.2) is 12.4 Å². The van der Waals surface area contributed by atoms with Crippen molar-refractivity contribution in [2.45, 2.75) is 31.3 Å². The first-order valence-corrected chi connectivity index (χ1v) is 7.39. The molecule has 1 aromatic rings. The normalized spacial score (nSPS) is 24.7. The lowest BCUT2D eigenvalue weighted by Gasteiger charge is -2.43. The minimum Gasteiger partial charge on any atom is -0.366 e. The second-order valence-corrected chi connectivity index (χ2v) is 5.95. The van der Waals surface area contributed by atoms with Crippen molar-refractivity contribution in [3.8, 4) is 0 Å². The van der Waals surface area contributed by atoms with Gasteiger partial charge in [0.15, 0.2) is 0 Å². The van der Waals surface area contributed by atoms with E-state index in [2.05, 4.69) is 10.00 Å². The maximum absolute atomic E-state index is 12.3. The number of nitrogens with zero attached hydrogens (tertiary/aromatic N) is 4. The average molecular weight is 291 g/mol. The number of carbonyl (C=O) groups excluding carboxylic acids is 2. The Labute approximate surface area is 123 Å². The van der Waals surface area contributed by atoms with Gasteiger partial charge in [-0.25, -0.2) is 0 Å². The van der Waals surface area contributed by atoms with Crippen LogP contribution >= 0.6 is 0 Å². The maximum atomic E-state index is 12.3. The van der Waals surface area contributed by atoms with E-state index in [9.17, 15) is 9.59 Å². The van der Waals surface area contributed by atoms with Crippen LogP contribution in [0.2, 0.25) is 0 Å². The standard InChI is InChI=1S/C14H21N5O2/c1-17-5-3-2-4-12(14(17)21)18-8-11(9-18)19-7-10(6-16-19)13(15)20/h6-7,11-12H,2-5,8-9H2,1H3,(H2,15,20). The molecule has 1 aromatic heterocycles. The molecule has 3 rings (SSSR count). The smallest absolute Gasteiger partial charge is 0.251 e. The van der Waals surface area contributed by atoms with Crippen LogP contribution in [0.1, 0.15) is 35.7 Å². The molecule has 0 saturated carbocycles. The summed E-state index contributed by atoms with van der Waals surface area (Å²) in [6.07, 6.45) is 6.29. The average Bonchev–Trinajstić information content (AvgIpc) is 2.82. The van der Waals surface area contributed by atoms with E-state index >= 15 is 0 Å². The van der Waals surface area contributed by atoms with Crippen LogP contribution in [0.5, 0.6) is 0 Å². The van der Waals surface area contributed by atoms with E-state index in [0.29, 0.717) is 5.56 Å².